The minimum Gasteiger partial charge on any atom is -0.287 e. The van der Waals surface area contributed by atoms with Gasteiger partial charge >= 0.3 is 5.97 Å². The topological polar surface area (TPSA) is 35.5 Å². The first kappa shape index (κ1) is 17.0. The highest BCUT2D eigenvalue weighted by molar-refractivity contribution is 9.10. The van der Waals surface area contributed by atoms with Crippen LogP contribution in [0.1, 0.15) is 19.4 Å². The Morgan fingerprint density at radius 3 is 2.41 bits per heavy atom. The van der Waals surface area contributed by atoms with E-state index in [1.54, 1.807) is 19.9 Å². The average Bonchev–Trinajstić information content (AvgIpc) is 2.53. The van der Waals surface area contributed by atoms with E-state index in [9.17, 15) is 4.79 Å². The molecular weight excluding hydrogens is 412 g/mol. The van der Waals surface area contributed by atoms with E-state index in [4.69, 9.17) is 9.78 Å². The van der Waals surface area contributed by atoms with E-state index in [-0.39, 0.29) is 5.92 Å². The third-order valence-corrected chi connectivity index (χ3v) is 4.39. The number of carbonyl (C=O) groups excluding carboxylic acids is 1. The lowest BCUT2D eigenvalue weighted by molar-refractivity contribution is -0.217. The highest BCUT2D eigenvalue weighted by Crippen LogP contribution is 2.32. The first-order valence-corrected chi connectivity index (χ1v) is 8.76. The maximum absolute atomic E-state index is 11.4. The summed E-state index contributed by atoms with van der Waals surface area (Å²) < 4.78 is 0.946. The normalized spacial score (nSPS) is 10.6. The van der Waals surface area contributed by atoms with Gasteiger partial charge in [-0.2, -0.15) is 0 Å². The van der Waals surface area contributed by atoms with Crippen LogP contribution in [0.5, 0.6) is 5.75 Å². The van der Waals surface area contributed by atoms with Gasteiger partial charge in [-0.1, -0.05) is 70.0 Å². The Kier molecular flexibility index (Phi) is 6.03. The van der Waals surface area contributed by atoms with Crippen LogP contribution < -0.4 is 4.89 Å². The molecule has 2 aromatic rings. The van der Waals surface area contributed by atoms with Gasteiger partial charge < -0.3 is 0 Å². The molecule has 0 N–H and O–H groups in total. The number of rotatable bonds is 5. The molecule has 0 saturated heterocycles. The number of hydrogen-bond acceptors (Lipinski definition) is 3. The molecule has 0 radical (unpaired) electrons. The Morgan fingerprint density at radius 2 is 1.82 bits per heavy atom. The largest absolute Gasteiger partial charge is 0.357 e. The predicted molar refractivity (Wildman–Crippen MR) is 93.8 cm³/mol. The van der Waals surface area contributed by atoms with Crippen molar-refractivity contribution in [2.75, 3.05) is 0 Å². The smallest absolute Gasteiger partial charge is 0.287 e. The van der Waals surface area contributed by atoms with Gasteiger partial charge in [0.15, 0.2) is 5.75 Å². The average molecular weight is 428 g/mol. The van der Waals surface area contributed by atoms with Gasteiger partial charge in [0.2, 0.25) is 0 Å². The van der Waals surface area contributed by atoms with Crippen LogP contribution >= 0.6 is 31.9 Å². The van der Waals surface area contributed by atoms with E-state index in [1.165, 1.54) is 5.56 Å². The lowest BCUT2D eigenvalue weighted by Gasteiger charge is -2.10. The molecule has 2 aromatic carbocycles. The van der Waals surface area contributed by atoms with Crippen LogP contribution in [0.4, 0.5) is 0 Å². The fourth-order valence-corrected chi connectivity index (χ4v) is 2.59. The van der Waals surface area contributed by atoms with Gasteiger partial charge in [-0.3, -0.25) is 9.78 Å². The summed E-state index contributed by atoms with van der Waals surface area (Å²) in [4.78, 5) is 21.4. The summed E-state index contributed by atoms with van der Waals surface area (Å²) >= 11 is 6.97. The second-order valence-corrected chi connectivity index (χ2v) is 6.53. The van der Waals surface area contributed by atoms with Crippen molar-refractivity contribution in [3.05, 3.63) is 52.5 Å². The summed E-state index contributed by atoms with van der Waals surface area (Å²) in [5.74, 6) is -0.144. The van der Waals surface area contributed by atoms with Gasteiger partial charge in [-0.25, -0.2) is 4.79 Å². The second kappa shape index (κ2) is 7.79. The number of hydrogen-bond donors (Lipinski definition) is 0. The Morgan fingerprint density at radius 1 is 1.14 bits per heavy atom. The van der Waals surface area contributed by atoms with E-state index in [1.807, 2.05) is 24.3 Å². The van der Waals surface area contributed by atoms with Crippen LogP contribution in [0.25, 0.3) is 11.1 Å². The van der Waals surface area contributed by atoms with Crippen LogP contribution in [0, 0.1) is 5.92 Å². The molecule has 2 rings (SSSR count). The van der Waals surface area contributed by atoms with Crippen molar-refractivity contribution in [2.45, 2.75) is 19.2 Å². The summed E-state index contributed by atoms with van der Waals surface area (Å²) in [5.41, 5.74) is 3.23. The Balaban J connectivity index is 2.20. The molecule has 0 saturated carbocycles. The molecule has 0 spiro atoms. The molecule has 0 aliphatic heterocycles. The zero-order valence-electron chi connectivity index (χ0n) is 12.3. The zero-order valence-corrected chi connectivity index (χ0v) is 15.5. The van der Waals surface area contributed by atoms with E-state index < -0.39 is 5.97 Å². The van der Waals surface area contributed by atoms with E-state index in [0.717, 1.165) is 20.9 Å². The first-order valence-electron chi connectivity index (χ1n) is 6.84. The highest BCUT2D eigenvalue weighted by atomic mass is 79.9. The zero-order chi connectivity index (χ0) is 16.1. The minimum atomic E-state index is -0.397. The summed E-state index contributed by atoms with van der Waals surface area (Å²) in [6.45, 7) is 3.51. The first-order chi connectivity index (χ1) is 10.5. The van der Waals surface area contributed by atoms with Crippen molar-refractivity contribution >= 4 is 37.8 Å². The van der Waals surface area contributed by atoms with Crippen molar-refractivity contribution in [3.8, 4) is 16.9 Å². The van der Waals surface area contributed by atoms with Crippen molar-refractivity contribution in [1.29, 1.82) is 0 Å². The van der Waals surface area contributed by atoms with E-state index in [0.29, 0.717) is 5.75 Å². The van der Waals surface area contributed by atoms with Crippen molar-refractivity contribution in [3.63, 3.8) is 0 Å². The molecule has 0 aliphatic rings. The molecular formula is C17H16Br2O3. The quantitative estimate of drug-likeness (QED) is 0.358. The molecule has 22 heavy (non-hydrogen) atoms. The monoisotopic (exact) mass is 426 g/mol. The lowest BCUT2D eigenvalue weighted by Crippen LogP contribution is -2.13. The van der Waals surface area contributed by atoms with Gasteiger partial charge in [0.25, 0.3) is 0 Å². The van der Waals surface area contributed by atoms with E-state index in [2.05, 4.69) is 44.0 Å². The van der Waals surface area contributed by atoms with Crippen LogP contribution in [-0.4, -0.2) is 5.97 Å². The highest BCUT2D eigenvalue weighted by Gasteiger charge is 2.12. The number of carbonyl (C=O) groups is 1. The molecule has 0 fully saturated rings. The summed E-state index contributed by atoms with van der Waals surface area (Å²) in [7, 11) is 0. The molecule has 0 aromatic heterocycles. The van der Waals surface area contributed by atoms with Crippen molar-refractivity contribution in [1.82, 2.24) is 0 Å². The van der Waals surface area contributed by atoms with Gasteiger partial charge in [-0.15, -0.1) is 0 Å². The molecule has 116 valence electrons. The molecule has 3 nitrogen and oxygen atoms in total. The fraction of sp³-hybridized carbons (Fsp3) is 0.235. The maximum atomic E-state index is 11.4. The van der Waals surface area contributed by atoms with Gasteiger partial charge in [0.1, 0.15) is 0 Å². The molecule has 0 unspecified atom stereocenters. The SMILES string of the molecule is CC(C)C(=O)OOc1ccc(Br)c(-c2ccc(CBr)cc2)c1. The molecule has 0 heterocycles. The van der Waals surface area contributed by atoms with Gasteiger partial charge in [-0.05, 0) is 34.9 Å². The van der Waals surface area contributed by atoms with Crippen molar-refractivity contribution in [2.24, 2.45) is 5.92 Å². The van der Waals surface area contributed by atoms with Crippen molar-refractivity contribution < 1.29 is 14.6 Å². The van der Waals surface area contributed by atoms with Crippen LogP contribution in [0.15, 0.2) is 46.9 Å². The Labute approximate surface area is 146 Å². The molecule has 0 bridgehead atoms. The number of alkyl halides is 1. The van der Waals surface area contributed by atoms with Crippen LogP contribution in [0.2, 0.25) is 0 Å². The minimum absolute atomic E-state index is 0.230. The summed E-state index contributed by atoms with van der Waals surface area (Å²) in [6.07, 6.45) is 0. The standard InChI is InChI=1S/C17H16Br2O3/c1-11(2)17(20)22-21-14-7-8-16(19)15(9-14)13-5-3-12(10-18)4-6-13/h3-9,11H,10H2,1-2H3. The summed E-state index contributed by atoms with van der Waals surface area (Å²) in [5, 5.41) is 0.822. The number of halogens is 2. The second-order valence-electron chi connectivity index (χ2n) is 5.11. The van der Waals surface area contributed by atoms with Crippen LogP contribution in [-0.2, 0) is 15.0 Å². The Hall–Kier alpha value is -1.33. The summed E-state index contributed by atoms with van der Waals surface area (Å²) in [6, 6.07) is 13.6. The molecule has 0 atom stereocenters. The maximum Gasteiger partial charge on any atom is 0.357 e. The molecule has 5 heteroatoms. The third kappa shape index (κ3) is 4.34. The van der Waals surface area contributed by atoms with Gasteiger partial charge in [0, 0.05) is 9.80 Å². The molecule has 0 aliphatic carbocycles. The third-order valence-electron chi connectivity index (χ3n) is 3.05. The fourth-order valence-electron chi connectivity index (χ4n) is 1.74. The lowest BCUT2D eigenvalue weighted by atomic mass is 10.0. The van der Waals surface area contributed by atoms with Crippen LogP contribution in [0.3, 0.4) is 0 Å². The number of benzene rings is 2. The molecule has 0 amide bonds. The van der Waals surface area contributed by atoms with E-state index >= 15 is 0 Å². The predicted octanol–water partition coefficient (Wildman–Crippen LogP) is 5.50. The Bertz CT molecular complexity index is 651. The van der Waals surface area contributed by atoms with Gasteiger partial charge in [0.05, 0.1) is 5.92 Å².